The average Bonchev–Trinajstić information content (AvgIpc) is 2.30. The van der Waals surface area contributed by atoms with Crippen molar-refractivity contribution in [3.63, 3.8) is 0 Å². The van der Waals surface area contributed by atoms with Gasteiger partial charge in [0.05, 0.1) is 6.54 Å². The fourth-order valence-corrected chi connectivity index (χ4v) is 2.15. The first kappa shape index (κ1) is 12.3. The van der Waals surface area contributed by atoms with E-state index in [9.17, 15) is 4.79 Å². The Morgan fingerprint density at radius 3 is 2.59 bits per heavy atom. The van der Waals surface area contributed by atoms with Gasteiger partial charge in [0.25, 0.3) is 0 Å². The van der Waals surface area contributed by atoms with Crippen LogP contribution in [-0.2, 0) is 4.79 Å². The summed E-state index contributed by atoms with van der Waals surface area (Å²) in [6.45, 7) is 3.80. The Balaban J connectivity index is 1.90. The fourth-order valence-electron chi connectivity index (χ4n) is 1.91. The molecule has 1 fully saturated rings. The Hall–Kier alpha value is -1.14. The number of carbonyl (C=O) groups excluding carboxylic acids is 1. The topological polar surface area (TPSA) is 62.5 Å². The summed E-state index contributed by atoms with van der Waals surface area (Å²) in [5.74, 6) is 0.715. The predicted molar refractivity (Wildman–Crippen MR) is 69.8 cm³/mol. The number of pyridine rings is 1. The summed E-state index contributed by atoms with van der Waals surface area (Å²) in [5.41, 5.74) is 5.17. The van der Waals surface area contributed by atoms with E-state index in [1.54, 1.807) is 6.20 Å². The lowest BCUT2D eigenvalue weighted by atomic mass is 10.3. The molecule has 0 spiro atoms. The zero-order chi connectivity index (χ0) is 12.3. The van der Waals surface area contributed by atoms with Gasteiger partial charge in [0.1, 0.15) is 5.82 Å². The largest absolute Gasteiger partial charge is 0.369 e. The maximum absolute atomic E-state index is 10.8. The first-order valence-electron chi connectivity index (χ1n) is 5.52. The van der Waals surface area contributed by atoms with Gasteiger partial charge in [-0.25, -0.2) is 4.98 Å². The van der Waals surface area contributed by atoms with Crippen molar-refractivity contribution in [3.05, 3.63) is 22.8 Å². The number of piperazine rings is 1. The van der Waals surface area contributed by atoms with Crippen LogP contribution in [0.3, 0.4) is 0 Å². The second kappa shape index (κ2) is 5.46. The van der Waals surface area contributed by atoms with Crippen LogP contribution >= 0.6 is 15.9 Å². The lowest BCUT2D eigenvalue weighted by molar-refractivity contribution is -0.119. The Labute approximate surface area is 109 Å². The molecule has 0 radical (unpaired) electrons. The molecule has 1 aliphatic heterocycles. The molecule has 0 saturated carbocycles. The second-order valence-electron chi connectivity index (χ2n) is 4.06. The van der Waals surface area contributed by atoms with E-state index in [-0.39, 0.29) is 5.91 Å². The van der Waals surface area contributed by atoms with Crippen molar-refractivity contribution in [3.8, 4) is 0 Å². The molecule has 2 rings (SSSR count). The molecule has 1 saturated heterocycles. The third-order valence-corrected chi connectivity index (χ3v) is 3.26. The lowest BCUT2D eigenvalue weighted by Crippen LogP contribution is -2.49. The lowest BCUT2D eigenvalue weighted by Gasteiger charge is -2.34. The quantitative estimate of drug-likeness (QED) is 0.880. The summed E-state index contributed by atoms with van der Waals surface area (Å²) in [5, 5.41) is 0. The van der Waals surface area contributed by atoms with Gasteiger partial charge in [-0.1, -0.05) is 0 Å². The highest BCUT2D eigenvalue weighted by Crippen LogP contribution is 2.16. The van der Waals surface area contributed by atoms with E-state index in [0.29, 0.717) is 6.54 Å². The van der Waals surface area contributed by atoms with Crippen LogP contribution in [0.25, 0.3) is 0 Å². The van der Waals surface area contributed by atoms with Crippen LogP contribution in [0.4, 0.5) is 5.82 Å². The summed E-state index contributed by atoms with van der Waals surface area (Å²) in [6.07, 6.45) is 1.80. The van der Waals surface area contributed by atoms with E-state index in [4.69, 9.17) is 5.73 Å². The zero-order valence-corrected chi connectivity index (χ0v) is 11.1. The summed E-state index contributed by atoms with van der Waals surface area (Å²) >= 11 is 3.37. The highest BCUT2D eigenvalue weighted by atomic mass is 79.9. The number of halogens is 1. The molecule has 17 heavy (non-hydrogen) atoms. The van der Waals surface area contributed by atoms with Gasteiger partial charge in [-0.2, -0.15) is 0 Å². The van der Waals surface area contributed by atoms with Gasteiger partial charge in [-0.3, -0.25) is 9.69 Å². The van der Waals surface area contributed by atoms with Crippen molar-refractivity contribution in [2.75, 3.05) is 37.6 Å². The van der Waals surface area contributed by atoms with Crippen molar-refractivity contribution >= 4 is 27.7 Å². The number of amides is 1. The summed E-state index contributed by atoms with van der Waals surface area (Å²) in [7, 11) is 0. The van der Waals surface area contributed by atoms with E-state index in [1.807, 2.05) is 12.1 Å². The van der Waals surface area contributed by atoms with Gasteiger partial charge in [0.15, 0.2) is 0 Å². The van der Waals surface area contributed by atoms with Gasteiger partial charge < -0.3 is 10.6 Å². The smallest absolute Gasteiger partial charge is 0.231 e. The van der Waals surface area contributed by atoms with Crippen molar-refractivity contribution in [1.29, 1.82) is 0 Å². The summed E-state index contributed by atoms with van der Waals surface area (Å²) in [6, 6.07) is 3.98. The average molecular weight is 299 g/mol. The van der Waals surface area contributed by atoms with Crippen molar-refractivity contribution in [2.24, 2.45) is 5.73 Å². The van der Waals surface area contributed by atoms with Gasteiger partial charge in [0, 0.05) is 36.8 Å². The van der Waals surface area contributed by atoms with E-state index in [0.717, 1.165) is 36.5 Å². The minimum Gasteiger partial charge on any atom is -0.369 e. The van der Waals surface area contributed by atoms with E-state index < -0.39 is 0 Å². The number of hydrogen-bond donors (Lipinski definition) is 1. The Bertz CT molecular complexity index is 387. The molecule has 1 aromatic rings. The Morgan fingerprint density at radius 1 is 1.35 bits per heavy atom. The highest BCUT2D eigenvalue weighted by Gasteiger charge is 2.18. The van der Waals surface area contributed by atoms with Gasteiger partial charge in [-0.15, -0.1) is 0 Å². The number of primary amides is 1. The molecule has 0 bridgehead atoms. The molecule has 0 atom stereocenters. The predicted octanol–water partition coefficient (Wildman–Crippen LogP) is 0.451. The van der Waals surface area contributed by atoms with E-state index >= 15 is 0 Å². The van der Waals surface area contributed by atoms with Crippen molar-refractivity contribution in [2.45, 2.75) is 0 Å². The molecular formula is C11H15BrN4O. The maximum Gasteiger partial charge on any atom is 0.231 e. The highest BCUT2D eigenvalue weighted by molar-refractivity contribution is 9.10. The standard InChI is InChI=1S/C11H15BrN4O/c12-9-1-2-11(14-7-9)16-5-3-15(4-6-16)8-10(13)17/h1-2,7H,3-6,8H2,(H2,13,17). The van der Waals surface area contributed by atoms with Crippen LogP contribution in [0.1, 0.15) is 0 Å². The third kappa shape index (κ3) is 3.41. The molecule has 5 nitrogen and oxygen atoms in total. The zero-order valence-electron chi connectivity index (χ0n) is 9.47. The van der Waals surface area contributed by atoms with Crippen LogP contribution in [-0.4, -0.2) is 48.5 Å². The molecule has 0 aliphatic carbocycles. The molecule has 1 aromatic heterocycles. The first-order chi connectivity index (χ1) is 8.15. The van der Waals surface area contributed by atoms with Crippen LogP contribution < -0.4 is 10.6 Å². The summed E-state index contributed by atoms with van der Waals surface area (Å²) in [4.78, 5) is 19.4. The van der Waals surface area contributed by atoms with Crippen LogP contribution in [0.5, 0.6) is 0 Å². The molecule has 1 amide bonds. The number of nitrogens with zero attached hydrogens (tertiary/aromatic N) is 3. The number of aromatic nitrogens is 1. The maximum atomic E-state index is 10.8. The third-order valence-electron chi connectivity index (χ3n) is 2.79. The number of rotatable bonds is 3. The molecule has 2 N–H and O–H groups in total. The van der Waals surface area contributed by atoms with Gasteiger partial charge in [0.2, 0.25) is 5.91 Å². The minimum absolute atomic E-state index is 0.264. The number of hydrogen-bond acceptors (Lipinski definition) is 4. The van der Waals surface area contributed by atoms with Crippen LogP contribution in [0, 0.1) is 0 Å². The Kier molecular flexibility index (Phi) is 3.96. The monoisotopic (exact) mass is 298 g/mol. The molecule has 6 heteroatoms. The molecule has 2 heterocycles. The number of anilines is 1. The minimum atomic E-state index is -0.264. The molecular weight excluding hydrogens is 284 g/mol. The number of carbonyl (C=O) groups is 1. The van der Waals surface area contributed by atoms with Crippen LogP contribution in [0.15, 0.2) is 22.8 Å². The molecule has 0 unspecified atom stereocenters. The van der Waals surface area contributed by atoms with Gasteiger partial charge in [-0.05, 0) is 28.1 Å². The van der Waals surface area contributed by atoms with E-state index in [2.05, 4.69) is 30.7 Å². The molecule has 1 aliphatic rings. The molecule has 92 valence electrons. The first-order valence-corrected chi connectivity index (χ1v) is 6.31. The SMILES string of the molecule is NC(=O)CN1CCN(c2ccc(Br)cn2)CC1. The summed E-state index contributed by atoms with van der Waals surface area (Å²) < 4.78 is 0.980. The van der Waals surface area contributed by atoms with Gasteiger partial charge >= 0.3 is 0 Å². The van der Waals surface area contributed by atoms with E-state index in [1.165, 1.54) is 0 Å². The number of nitrogens with two attached hydrogens (primary N) is 1. The van der Waals surface area contributed by atoms with Crippen molar-refractivity contribution in [1.82, 2.24) is 9.88 Å². The second-order valence-corrected chi connectivity index (χ2v) is 4.98. The molecule has 0 aromatic carbocycles. The normalized spacial score (nSPS) is 17.1. The van der Waals surface area contributed by atoms with Crippen molar-refractivity contribution < 1.29 is 4.79 Å². The fraction of sp³-hybridized carbons (Fsp3) is 0.455. The van der Waals surface area contributed by atoms with Crippen LogP contribution in [0.2, 0.25) is 0 Å². The Morgan fingerprint density at radius 2 is 2.06 bits per heavy atom.